The molecular weight excluding hydrogens is 375 g/mol. The Balaban J connectivity index is 1.43. The van der Waals surface area contributed by atoms with Crippen LogP contribution in [0.2, 0.25) is 0 Å². The van der Waals surface area contributed by atoms with E-state index in [1.165, 1.54) is 30.7 Å². The fourth-order valence-corrected chi connectivity index (χ4v) is 6.85. The van der Waals surface area contributed by atoms with Crippen LogP contribution in [-0.2, 0) is 9.53 Å². The van der Waals surface area contributed by atoms with E-state index in [1.807, 2.05) is 0 Å². The molecule has 0 N–H and O–H groups in total. The van der Waals surface area contributed by atoms with Crippen molar-refractivity contribution >= 4 is 27.7 Å². The molecule has 3 nitrogen and oxygen atoms in total. The van der Waals surface area contributed by atoms with Crippen LogP contribution in [0.5, 0.6) is 0 Å². The molecule has 4 aliphatic carbocycles. The standard InChI is InChI=1S/C19H20BrFO3/c20-19-8-12-5-13(9-19)7-18(6-12,11-19)17(23)24-10-16(22)14-1-3-15(21)4-2-14/h1-4,12-13H,5-11H2/t12-,13-,18?,19?/m1/s1. The Morgan fingerprint density at radius 2 is 1.75 bits per heavy atom. The second kappa shape index (κ2) is 5.65. The number of rotatable bonds is 4. The molecule has 128 valence electrons. The van der Waals surface area contributed by atoms with Gasteiger partial charge < -0.3 is 4.74 Å². The van der Waals surface area contributed by atoms with Gasteiger partial charge in [0.25, 0.3) is 0 Å². The number of carbonyl (C=O) groups excluding carboxylic acids is 2. The summed E-state index contributed by atoms with van der Waals surface area (Å²) in [4.78, 5) is 24.9. The maximum absolute atomic E-state index is 12.9. The zero-order chi connectivity index (χ0) is 16.9. The topological polar surface area (TPSA) is 43.4 Å². The number of hydrogen-bond acceptors (Lipinski definition) is 3. The maximum atomic E-state index is 12.9. The van der Waals surface area contributed by atoms with Crippen molar-refractivity contribution in [3.63, 3.8) is 0 Å². The Morgan fingerprint density at radius 1 is 1.12 bits per heavy atom. The Hall–Kier alpha value is -1.23. The molecular formula is C19H20BrFO3. The molecule has 2 atom stereocenters. The summed E-state index contributed by atoms with van der Waals surface area (Å²) in [6.45, 7) is -0.267. The van der Waals surface area contributed by atoms with Gasteiger partial charge in [0.2, 0.25) is 0 Å². The second-order valence-corrected chi connectivity index (χ2v) is 9.58. The molecule has 1 aromatic carbocycles. The normalized spacial score (nSPS) is 36.6. The summed E-state index contributed by atoms with van der Waals surface area (Å²) in [5.74, 6) is 0.272. The molecule has 0 heterocycles. The van der Waals surface area contributed by atoms with E-state index in [2.05, 4.69) is 15.9 Å². The summed E-state index contributed by atoms with van der Waals surface area (Å²) in [6.07, 6.45) is 6.11. The van der Waals surface area contributed by atoms with Crippen molar-refractivity contribution < 1.29 is 18.7 Å². The molecule has 0 radical (unpaired) electrons. The Labute approximate surface area is 149 Å². The molecule has 0 unspecified atom stereocenters. The van der Waals surface area contributed by atoms with Gasteiger partial charge in [-0.2, -0.15) is 0 Å². The molecule has 4 aliphatic rings. The first-order chi connectivity index (χ1) is 11.4. The van der Waals surface area contributed by atoms with Crippen LogP contribution in [0.3, 0.4) is 0 Å². The summed E-state index contributed by atoms with van der Waals surface area (Å²) in [5, 5.41) is 0. The Kier molecular flexibility index (Phi) is 3.83. The predicted octanol–water partition coefficient (Wildman–Crippen LogP) is 4.29. The number of Topliss-reactive ketones (excluding diaryl/α,β-unsaturated/α-hetero) is 1. The molecule has 0 spiro atoms. The van der Waals surface area contributed by atoms with Gasteiger partial charge in [-0.1, -0.05) is 15.9 Å². The van der Waals surface area contributed by atoms with Gasteiger partial charge >= 0.3 is 5.97 Å². The van der Waals surface area contributed by atoms with Crippen LogP contribution in [0.1, 0.15) is 48.9 Å². The van der Waals surface area contributed by atoms with Gasteiger partial charge in [0.05, 0.1) is 5.41 Å². The first-order valence-electron chi connectivity index (χ1n) is 8.52. The number of ketones is 1. The average Bonchev–Trinajstić information content (AvgIpc) is 2.50. The first kappa shape index (κ1) is 16.2. The van der Waals surface area contributed by atoms with Crippen LogP contribution in [0.15, 0.2) is 24.3 Å². The maximum Gasteiger partial charge on any atom is 0.312 e. The van der Waals surface area contributed by atoms with Crippen molar-refractivity contribution in [2.75, 3.05) is 6.61 Å². The lowest BCUT2D eigenvalue weighted by molar-refractivity contribution is -0.168. The van der Waals surface area contributed by atoms with Crippen LogP contribution in [0.25, 0.3) is 0 Å². The van der Waals surface area contributed by atoms with Gasteiger partial charge in [-0.25, -0.2) is 4.39 Å². The smallest absolute Gasteiger partial charge is 0.312 e. The third-order valence-corrected chi connectivity index (χ3v) is 6.85. The lowest BCUT2D eigenvalue weighted by atomic mass is 9.49. The first-order valence-corrected chi connectivity index (χ1v) is 9.32. The zero-order valence-corrected chi connectivity index (χ0v) is 15.0. The highest BCUT2D eigenvalue weighted by Crippen LogP contribution is 2.64. The highest BCUT2D eigenvalue weighted by Gasteiger charge is 2.60. The van der Waals surface area contributed by atoms with Crippen molar-refractivity contribution in [3.05, 3.63) is 35.6 Å². The minimum atomic E-state index is -0.420. The lowest BCUT2D eigenvalue weighted by Crippen LogP contribution is -2.56. The molecule has 4 fully saturated rings. The third kappa shape index (κ3) is 2.81. The molecule has 5 heteroatoms. The van der Waals surface area contributed by atoms with Crippen LogP contribution in [0.4, 0.5) is 4.39 Å². The van der Waals surface area contributed by atoms with E-state index in [4.69, 9.17) is 4.74 Å². The van der Waals surface area contributed by atoms with E-state index >= 15 is 0 Å². The van der Waals surface area contributed by atoms with Crippen molar-refractivity contribution in [2.24, 2.45) is 17.3 Å². The fourth-order valence-electron chi connectivity index (χ4n) is 5.39. The summed E-state index contributed by atoms with van der Waals surface area (Å²) in [7, 11) is 0. The van der Waals surface area contributed by atoms with E-state index in [9.17, 15) is 14.0 Å². The predicted molar refractivity (Wildman–Crippen MR) is 90.5 cm³/mol. The molecule has 0 aromatic heterocycles. The van der Waals surface area contributed by atoms with Crippen molar-refractivity contribution in [1.82, 2.24) is 0 Å². The summed E-state index contributed by atoms with van der Waals surface area (Å²) in [6, 6.07) is 5.32. The van der Waals surface area contributed by atoms with E-state index < -0.39 is 5.41 Å². The van der Waals surface area contributed by atoms with Crippen LogP contribution < -0.4 is 0 Å². The molecule has 4 saturated carbocycles. The summed E-state index contributed by atoms with van der Waals surface area (Å²) >= 11 is 3.87. The van der Waals surface area contributed by atoms with E-state index in [0.29, 0.717) is 17.4 Å². The minimum Gasteiger partial charge on any atom is -0.457 e. The van der Waals surface area contributed by atoms with Crippen LogP contribution >= 0.6 is 15.9 Å². The van der Waals surface area contributed by atoms with Crippen molar-refractivity contribution in [3.8, 4) is 0 Å². The van der Waals surface area contributed by atoms with Gasteiger partial charge in [-0.15, -0.1) is 0 Å². The van der Waals surface area contributed by atoms with E-state index in [0.717, 1.165) is 32.1 Å². The Morgan fingerprint density at radius 3 is 2.33 bits per heavy atom. The van der Waals surface area contributed by atoms with Gasteiger partial charge in [-0.05, 0) is 74.6 Å². The molecule has 24 heavy (non-hydrogen) atoms. The number of hydrogen-bond donors (Lipinski definition) is 0. The molecule has 1 aromatic rings. The molecule has 4 bridgehead atoms. The van der Waals surface area contributed by atoms with Crippen LogP contribution in [-0.4, -0.2) is 22.7 Å². The molecule has 5 rings (SSSR count). The number of esters is 1. The zero-order valence-electron chi connectivity index (χ0n) is 13.4. The largest absolute Gasteiger partial charge is 0.457 e. The number of ether oxygens (including phenoxy) is 1. The minimum absolute atomic E-state index is 0.0804. The Bertz CT molecular complexity index is 670. The second-order valence-electron chi connectivity index (χ2n) is 7.90. The quantitative estimate of drug-likeness (QED) is 0.434. The van der Waals surface area contributed by atoms with E-state index in [1.54, 1.807) is 0 Å². The third-order valence-electron chi connectivity index (χ3n) is 5.92. The highest BCUT2D eigenvalue weighted by atomic mass is 79.9. The van der Waals surface area contributed by atoms with Crippen molar-refractivity contribution in [2.45, 2.75) is 42.8 Å². The average molecular weight is 395 g/mol. The summed E-state index contributed by atoms with van der Waals surface area (Å²) in [5.41, 5.74) is -0.0527. The van der Waals surface area contributed by atoms with Gasteiger partial charge in [0.1, 0.15) is 5.82 Å². The number of halogens is 2. The number of alkyl halides is 1. The number of carbonyl (C=O) groups is 2. The van der Waals surface area contributed by atoms with Crippen LogP contribution in [0, 0.1) is 23.1 Å². The van der Waals surface area contributed by atoms with Crippen molar-refractivity contribution in [1.29, 1.82) is 0 Å². The molecule has 0 aliphatic heterocycles. The molecule has 0 saturated heterocycles. The van der Waals surface area contributed by atoms with E-state index in [-0.39, 0.29) is 28.5 Å². The lowest BCUT2D eigenvalue weighted by Gasteiger charge is -2.58. The number of benzene rings is 1. The fraction of sp³-hybridized carbons (Fsp3) is 0.579. The SMILES string of the molecule is O=C(COC(=O)C12C[C@H]3C[C@@H](CC(Br)(C3)C1)C2)c1ccc(F)cc1. The van der Waals surface area contributed by atoms with Gasteiger partial charge in [0.15, 0.2) is 12.4 Å². The van der Waals surface area contributed by atoms with Gasteiger partial charge in [-0.3, -0.25) is 9.59 Å². The summed E-state index contributed by atoms with van der Waals surface area (Å²) < 4.78 is 18.4. The van der Waals surface area contributed by atoms with Gasteiger partial charge in [0, 0.05) is 9.89 Å². The monoisotopic (exact) mass is 394 g/mol. The molecule has 0 amide bonds. The highest BCUT2D eigenvalue weighted by molar-refractivity contribution is 9.10.